The molecule has 0 bridgehead atoms. The van der Waals surface area contributed by atoms with E-state index in [1.807, 2.05) is 42.5 Å². The van der Waals surface area contributed by atoms with Gasteiger partial charge >= 0.3 is 0 Å². The molecule has 0 aromatic heterocycles. The topological polar surface area (TPSA) is 78.7 Å². The lowest BCUT2D eigenvalue weighted by atomic mass is 9.99. The first-order valence-corrected chi connectivity index (χ1v) is 12.1. The number of fused-ring (bicyclic) bond motifs is 1. The highest BCUT2D eigenvalue weighted by atomic mass is 16.2. The number of nitrogens with two attached hydrogens (primary N) is 1. The number of piperidine rings is 1. The molecule has 3 aromatic rings. The molecule has 0 spiro atoms. The number of nitrogens with one attached hydrogen (secondary N) is 1. The fraction of sp³-hybridized carbons (Fsp3) is 0.241. The van der Waals surface area contributed by atoms with Crippen LogP contribution >= 0.6 is 0 Å². The third kappa shape index (κ3) is 4.70. The van der Waals surface area contributed by atoms with Gasteiger partial charge in [-0.2, -0.15) is 0 Å². The lowest BCUT2D eigenvalue weighted by Gasteiger charge is -2.26. The Morgan fingerprint density at radius 1 is 0.943 bits per heavy atom. The van der Waals surface area contributed by atoms with Crippen LogP contribution in [-0.4, -0.2) is 29.8 Å². The smallest absolute Gasteiger partial charge is 0.267 e. The summed E-state index contributed by atoms with van der Waals surface area (Å²) in [6.45, 7) is 4.66. The summed E-state index contributed by atoms with van der Waals surface area (Å²) < 4.78 is 0. The molecule has 0 aliphatic carbocycles. The Labute approximate surface area is 206 Å². The standard InChI is InChI=1S/C29H30N4O2/c1-20(34)33-26-15-12-23(30)18-25(26)27(29(33)35)28(22-8-4-2-5-9-22)31-24-13-10-21(11-14-24)19-32-16-6-3-7-17-32/h2,4-5,8-15,18,31H,3,6-7,16-17,19,30H2,1H3/b28-27-. The zero-order valence-corrected chi connectivity index (χ0v) is 20.0. The lowest BCUT2D eigenvalue weighted by Crippen LogP contribution is -2.31. The van der Waals surface area contributed by atoms with E-state index in [0.717, 1.165) is 30.9 Å². The molecule has 0 atom stereocenters. The average molecular weight is 467 g/mol. The van der Waals surface area contributed by atoms with Crippen LogP contribution in [0.4, 0.5) is 17.1 Å². The summed E-state index contributed by atoms with van der Waals surface area (Å²) >= 11 is 0. The molecule has 35 heavy (non-hydrogen) atoms. The Hall–Kier alpha value is -3.90. The third-order valence-electron chi connectivity index (χ3n) is 6.65. The molecule has 2 aliphatic rings. The Bertz CT molecular complexity index is 1280. The minimum atomic E-state index is -0.355. The van der Waals surface area contributed by atoms with Gasteiger partial charge in [0.1, 0.15) is 0 Å². The molecule has 5 rings (SSSR count). The molecule has 6 nitrogen and oxygen atoms in total. The van der Waals surface area contributed by atoms with Crippen LogP contribution in [0.3, 0.4) is 0 Å². The Balaban J connectivity index is 1.54. The number of nitrogens with zero attached hydrogens (tertiary/aromatic N) is 2. The number of benzene rings is 3. The number of carbonyl (C=O) groups excluding carboxylic acids is 2. The van der Waals surface area contributed by atoms with Crippen molar-refractivity contribution in [2.24, 2.45) is 0 Å². The lowest BCUT2D eigenvalue weighted by molar-refractivity contribution is -0.122. The van der Waals surface area contributed by atoms with Gasteiger partial charge in [0.15, 0.2) is 0 Å². The maximum absolute atomic E-state index is 13.6. The van der Waals surface area contributed by atoms with E-state index in [2.05, 4.69) is 22.3 Å². The van der Waals surface area contributed by atoms with E-state index in [4.69, 9.17) is 5.73 Å². The van der Waals surface area contributed by atoms with E-state index < -0.39 is 0 Å². The summed E-state index contributed by atoms with van der Waals surface area (Å²) in [5.74, 6) is -0.684. The monoisotopic (exact) mass is 466 g/mol. The molecule has 0 radical (unpaired) electrons. The first kappa shape index (κ1) is 22.9. The van der Waals surface area contributed by atoms with Crippen LogP contribution in [-0.2, 0) is 16.1 Å². The van der Waals surface area contributed by atoms with E-state index in [9.17, 15) is 9.59 Å². The summed E-state index contributed by atoms with van der Waals surface area (Å²) in [6, 6.07) is 23.3. The molecular weight excluding hydrogens is 436 g/mol. The third-order valence-corrected chi connectivity index (χ3v) is 6.65. The van der Waals surface area contributed by atoms with Crippen molar-refractivity contribution in [2.45, 2.75) is 32.7 Å². The van der Waals surface area contributed by atoms with E-state index in [1.54, 1.807) is 18.2 Å². The maximum Gasteiger partial charge on any atom is 0.267 e. The van der Waals surface area contributed by atoms with Gasteiger partial charge in [0.05, 0.1) is 17.0 Å². The zero-order chi connectivity index (χ0) is 24.4. The quantitative estimate of drug-likeness (QED) is 0.403. The Morgan fingerprint density at radius 2 is 1.66 bits per heavy atom. The van der Waals surface area contributed by atoms with Crippen LogP contribution in [0.1, 0.15) is 42.9 Å². The molecule has 1 saturated heterocycles. The van der Waals surface area contributed by atoms with Gasteiger partial charge in [0.25, 0.3) is 5.91 Å². The zero-order valence-electron chi connectivity index (χ0n) is 20.0. The summed E-state index contributed by atoms with van der Waals surface area (Å²) in [5, 5.41) is 3.48. The van der Waals surface area contributed by atoms with E-state index in [1.165, 1.54) is 36.6 Å². The van der Waals surface area contributed by atoms with Gasteiger partial charge in [-0.25, -0.2) is 4.90 Å². The van der Waals surface area contributed by atoms with Crippen LogP contribution in [0, 0.1) is 0 Å². The van der Waals surface area contributed by atoms with Gasteiger partial charge in [-0.15, -0.1) is 0 Å². The second kappa shape index (κ2) is 9.76. The molecule has 3 N–H and O–H groups in total. The van der Waals surface area contributed by atoms with Crippen molar-refractivity contribution in [1.82, 2.24) is 4.90 Å². The van der Waals surface area contributed by atoms with Crippen molar-refractivity contribution in [3.05, 3.63) is 89.5 Å². The summed E-state index contributed by atoms with van der Waals surface area (Å²) in [7, 11) is 0. The molecule has 178 valence electrons. The molecule has 0 unspecified atom stereocenters. The molecule has 2 aliphatic heterocycles. The molecule has 1 fully saturated rings. The van der Waals surface area contributed by atoms with Crippen molar-refractivity contribution in [3.8, 4) is 0 Å². The van der Waals surface area contributed by atoms with Crippen molar-refractivity contribution < 1.29 is 9.59 Å². The summed E-state index contributed by atoms with van der Waals surface area (Å²) in [5.41, 5.74) is 11.9. The van der Waals surface area contributed by atoms with Crippen LogP contribution in [0.2, 0.25) is 0 Å². The predicted molar refractivity (Wildman–Crippen MR) is 141 cm³/mol. The second-order valence-corrected chi connectivity index (χ2v) is 9.21. The SMILES string of the molecule is CC(=O)N1C(=O)/C(=C(\Nc2ccc(CN3CCCCC3)cc2)c2ccccc2)c2cc(N)ccc21. The number of rotatable bonds is 5. The normalized spacial score (nSPS) is 17.3. The van der Waals surface area contributed by atoms with Crippen LogP contribution in [0.25, 0.3) is 11.3 Å². The molecule has 2 heterocycles. The van der Waals surface area contributed by atoms with Gasteiger partial charge in [0.2, 0.25) is 5.91 Å². The summed E-state index contributed by atoms with van der Waals surface area (Å²) in [4.78, 5) is 29.7. The van der Waals surface area contributed by atoms with E-state index >= 15 is 0 Å². The number of hydrogen-bond acceptors (Lipinski definition) is 5. The number of anilines is 3. The number of nitrogen functional groups attached to an aromatic ring is 1. The predicted octanol–water partition coefficient (Wildman–Crippen LogP) is 5.13. The van der Waals surface area contributed by atoms with Crippen molar-refractivity contribution in [2.75, 3.05) is 29.0 Å². The van der Waals surface area contributed by atoms with Crippen LogP contribution in [0.15, 0.2) is 72.8 Å². The van der Waals surface area contributed by atoms with Crippen molar-refractivity contribution in [1.29, 1.82) is 0 Å². The first-order valence-electron chi connectivity index (χ1n) is 12.1. The van der Waals surface area contributed by atoms with Gasteiger partial charge in [0, 0.05) is 30.4 Å². The van der Waals surface area contributed by atoms with E-state index in [-0.39, 0.29) is 11.8 Å². The highest BCUT2D eigenvalue weighted by Crippen LogP contribution is 2.42. The number of likely N-dealkylation sites (tertiary alicyclic amines) is 1. The fourth-order valence-corrected chi connectivity index (χ4v) is 4.94. The maximum atomic E-state index is 13.6. The Morgan fingerprint density at radius 3 is 2.34 bits per heavy atom. The first-order chi connectivity index (χ1) is 17.0. The van der Waals surface area contributed by atoms with Crippen LogP contribution < -0.4 is 16.0 Å². The molecule has 3 aromatic carbocycles. The van der Waals surface area contributed by atoms with E-state index in [0.29, 0.717) is 28.2 Å². The van der Waals surface area contributed by atoms with Crippen molar-refractivity contribution in [3.63, 3.8) is 0 Å². The highest BCUT2D eigenvalue weighted by Gasteiger charge is 2.37. The van der Waals surface area contributed by atoms with Gasteiger partial charge in [-0.3, -0.25) is 14.5 Å². The minimum Gasteiger partial charge on any atom is -0.399 e. The molecule has 6 heteroatoms. The highest BCUT2D eigenvalue weighted by molar-refractivity contribution is 6.43. The Kier molecular flexibility index (Phi) is 6.38. The number of carbonyl (C=O) groups is 2. The average Bonchev–Trinajstić information content (AvgIpc) is 3.15. The summed E-state index contributed by atoms with van der Waals surface area (Å²) in [6.07, 6.45) is 3.86. The number of hydrogen-bond donors (Lipinski definition) is 2. The largest absolute Gasteiger partial charge is 0.399 e. The van der Waals surface area contributed by atoms with Crippen LogP contribution in [0.5, 0.6) is 0 Å². The molecular formula is C29H30N4O2. The van der Waals surface area contributed by atoms with Gasteiger partial charge in [-0.1, -0.05) is 48.9 Å². The minimum absolute atomic E-state index is 0.328. The number of imide groups is 1. The van der Waals surface area contributed by atoms with Crippen molar-refractivity contribution >= 4 is 40.1 Å². The van der Waals surface area contributed by atoms with Gasteiger partial charge in [-0.05, 0) is 67.4 Å². The van der Waals surface area contributed by atoms with Gasteiger partial charge < -0.3 is 11.1 Å². The second-order valence-electron chi connectivity index (χ2n) is 9.21. The fourth-order valence-electron chi connectivity index (χ4n) is 4.94. The molecule has 0 saturated carbocycles. The molecule has 2 amide bonds. The number of amides is 2.